The zero-order valence-electron chi connectivity index (χ0n) is 48.1. The van der Waals surface area contributed by atoms with Crippen molar-refractivity contribution in [1.29, 1.82) is 10.5 Å². The molecule has 2 saturated heterocycles. The number of nitrogens with one attached hydrogen (secondary N) is 2. The lowest BCUT2D eigenvalue weighted by molar-refractivity contribution is 0.129. The summed E-state index contributed by atoms with van der Waals surface area (Å²) in [6.45, 7) is 9.04. The number of carbonyl (C=O) groups excluding carboxylic acids is 2. The third-order valence-electron chi connectivity index (χ3n) is 15.4. The van der Waals surface area contributed by atoms with Gasteiger partial charge in [0, 0.05) is 46.4 Å². The Morgan fingerprint density at radius 1 is 0.588 bits per heavy atom. The Balaban J connectivity index is 0.000000161. The van der Waals surface area contributed by atoms with Crippen LogP contribution >= 0.6 is 0 Å². The molecule has 448 valence electrons. The molecule has 0 radical (unpaired) electrons. The summed E-state index contributed by atoms with van der Waals surface area (Å²) in [6, 6.07) is 37.5. The van der Waals surface area contributed by atoms with Crippen LogP contribution < -0.4 is 15.4 Å². The number of carbonyl (C=O) groups is 2. The number of hydrogen-bond donors (Lipinski definition) is 3. The fraction of sp³-hybridized carbons (Fsp3) is 0.397. The fourth-order valence-electron chi connectivity index (χ4n) is 10.7. The molecule has 2 aliphatic carbocycles. The third-order valence-corrected chi connectivity index (χ3v) is 20.2. The number of benzene rings is 5. The van der Waals surface area contributed by atoms with Crippen LogP contribution in [0.5, 0.6) is 11.5 Å². The van der Waals surface area contributed by atoms with Crippen LogP contribution in [0.4, 0.5) is 21.0 Å². The van der Waals surface area contributed by atoms with Gasteiger partial charge in [0.15, 0.2) is 19.7 Å². The van der Waals surface area contributed by atoms with Gasteiger partial charge in [0.05, 0.1) is 79.8 Å². The van der Waals surface area contributed by atoms with E-state index in [0.29, 0.717) is 47.1 Å². The molecule has 0 unspecified atom stereocenters. The van der Waals surface area contributed by atoms with Crippen molar-refractivity contribution >= 4 is 75.2 Å². The average Bonchev–Trinajstić information content (AvgIpc) is 1.71. The van der Waals surface area contributed by atoms with Crippen LogP contribution in [0.3, 0.4) is 0 Å². The van der Waals surface area contributed by atoms with E-state index in [4.69, 9.17) is 18.4 Å². The molecule has 85 heavy (non-hydrogen) atoms. The lowest BCUT2D eigenvalue weighted by Gasteiger charge is -2.30. The Hall–Kier alpha value is -7.89. The summed E-state index contributed by atoms with van der Waals surface area (Å²) < 4.78 is 96.1. The number of hydrogen-bond acceptors (Lipinski definition) is 15. The van der Waals surface area contributed by atoms with E-state index in [-0.39, 0.29) is 70.9 Å². The number of sulfone groups is 2. The van der Waals surface area contributed by atoms with Crippen LogP contribution in [0.1, 0.15) is 121 Å². The number of amides is 2. The first-order valence-electron chi connectivity index (χ1n) is 28.6. The average molecular weight is 1220 g/mol. The van der Waals surface area contributed by atoms with Gasteiger partial charge in [-0.05, 0) is 171 Å². The van der Waals surface area contributed by atoms with Gasteiger partial charge in [-0.1, -0.05) is 42.0 Å². The van der Waals surface area contributed by atoms with Gasteiger partial charge in [0.25, 0.3) is 10.1 Å². The molecule has 4 fully saturated rings. The summed E-state index contributed by atoms with van der Waals surface area (Å²) in [5, 5.41) is 37.2. The number of phenols is 1. The van der Waals surface area contributed by atoms with E-state index in [9.17, 15) is 50.5 Å². The molecule has 22 heteroatoms. The number of nitriles is 2. The molecule has 4 heterocycles. The van der Waals surface area contributed by atoms with Gasteiger partial charge in [-0.3, -0.25) is 14.8 Å². The minimum absolute atomic E-state index is 0.0128. The number of ether oxygens (including phenoxy) is 3. The van der Waals surface area contributed by atoms with Crippen molar-refractivity contribution < 1.29 is 58.3 Å². The first-order chi connectivity index (χ1) is 40.5. The highest BCUT2D eigenvalue weighted by atomic mass is 32.2. The number of fused-ring (bicyclic) bond motifs is 2. The smallest absolute Gasteiger partial charge is 0.411 e. The van der Waals surface area contributed by atoms with Gasteiger partial charge in [-0.2, -0.15) is 18.9 Å². The van der Waals surface area contributed by atoms with Gasteiger partial charge >= 0.3 is 12.2 Å². The molecule has 2 aliphatic heterocycles. The first kappa shape index (κ1) is 61.7. The highest BCUT2D eigenvalue weighted by molar-refractivity contribution is 7.91. The number of rotatable bonds is 13. The lowest BCUT2D eigenvalue weighted by atomic mass is 9.92. The fourth-order valence-corrected chi connectivity index (χ4v) is 14.8. The molecule has 11 rings (SSSR count). The van der Waals surface area contributed by atoms with Crippen LogP contribution in [0.25, 0.3) is 44.3 Å². The standard InChI is InChI=1S/C28H31N3O5S.C23H23N3O3.C12H16O5S2/c1-18(2)35-28(32)30-20-8-6-19(7-9-20)27-25(17-29)24-11-10-23(16-26(24)31(27)21-4-3-5-21)36-22-12-14-37(33,34)15-13-22;1-14(2)29-23(28)25-16-8-6-15(7-9-16)22-20(13-24)19-11-10-18(27)12-21(19)26(22)17-4-3-5-17;1-10-2-4-12(5-3-10)19(15,16)17-11-6-8-18(13,14)9-7-11/h6-11,16,18,21-22H,3-5,12-15H2,1-2H3,(H,30,32);6-12,14,17,27H,3-5H2,1-2H3,(H,25,28);2-5,11H,6-9H2,1H3. The molecule has 5 aromatic carbocycles. The summed E-state index contributed by atoms with van der Waals surface area (Å²) in [7, 11) is -9.78. The zero-order valence-corrected chi connectivity index (χ0v) is 50.6. The Morgan fingerprint density at radius 2 is 1.01 bits per heavy atom. The van der Waals surface area contributed by atoms with Crippen LogP contribution in [-0.2, 0) is 43.4 Å². The zero-order chi connectivity index (χ0) is 60.8. The van der Waals surface area contributed by atoms with Crippen LogP contribution in [0.2, 0.25) is 0 Å². The highest BCUT2D eigenvalue weighted by Gasteiger charge is 2.32. The molecule has 4 aliphatic rings. The molecule has 19 nitrogen and oxygen atoms in total. The van der Waals surface area contributed by atoms with Crippen molar-refractivity contribution in [3.05, 3.63) is 126 Å². The highest BCUT2D eigenvalue weighted by Crippen LogP contribution is 2.45. The second-order valence-corrected chi connectivity index (χ2v) is 28.6. The Labute approximate surface area is 496 Å². The van der Waals surface area contributed by atoms with Gasteiger partial charge in [-0.15, -0.1) is 0 Å². The molecule has 2 amide bonds. The van der Waals surface area contributed by atoms with E-state index in [1.54, 1.807) is 70.2 Å². The van der Waals surface area contributed by atoms with E-state index >= 15 is 0 Å². The summed E-state index contributed by atoms with van der Waals surface area (Å²) in [5.74, 6) is 1.16. The lowest BCUT2D eigenvalue weighted by Crippen LogP contribution is -2.30. The molecule has 0 bridgehead atoms. The van der Waals surface area contributed by atoms with Gasteiger partial charge in [0.2, 0.25) is 0 Å². The maximum atomic E-state index is 12.0. The molecule has 0 spiro atoms. The largest absolute Gasteiger partial charge is 0.508 e. The third kappa shape index (κ3) is 15.0. The summed E-state index contributed by atoms with van der Waals surface area (Å²) in [5.41, 5.74) is 8.74. The molecule has 0 atom stereocenters. The van der Waals surface area contributed by atoms with Crippen molar-refractivity contribution in [2.24, 2.45) is 0 Å². The number of aromatic nitrogens is 2. The number of aryl methyl sites for hydroxylation is 1. The minimum Gasteiger partial charge on any atom is -0.508 e. The Bertz CT molecular complexity index is 4000. The molecule has 2 aromatic heterocycles. The van der Waals surface area contributed by atoms with Crippen LogP contribution in [0, 0.1) is 29.6 Å². The maximum Gasteiger partial charge on any atom is 0.411 e. The van der Waals surface area contributed by atoms with E-state index in [2.05, 4.69) is 31.9 Å². The van der Waals surface area contributed by atoms with Crippen molar-refractivity contribution in [1.82, 2.24) is 9.13 Å². The van der Waals surface area contributed by atoms with Gasteiger partial charge in [0.1, 0.15) is 29.7 Å². The van der Waals surface area contributed by atoms with E-state index in [1.165, 1.54) is 12.1 Å². The second kappa shape index (κ2) is 26.2. The topological polar surface area (TPSA) is 275 Å². The monoisotopic (exact) mass is 1210 g/mol. The molecule has 2 saturated carbocycles. The quantitative estimate of drug-likeness (QED) is 0.0905. The SMILES string of the molecule is CC(C)OC(=O)Nc1ccc(-c2c(C#N)c3ccc(O)cc3n2C2CCC2)cc1.CC(C)OC(=O)Nc1ccc(-c2c(C#N)c3ccc(OC4CCS(=O)(=O)CC4)cc3n2C2CCC2)cc1.Cc1ccc(S(=O)(=O)OC2CCS(=O)(=O)CC2)cc1. The number of nitrogens with zero attached hydrogens (tertiary/aromatic N) is 4. The van der Waals surface area contributed by atoms with E-state index in [1.807, 2.05) is 61.5 Å². The first-order valence-corrected chi connectivity index (χ1v) is 33.6. The predicted octanol–water partition coefficient (Wildman–Crippen LogP) is 12.7. The number of aromatic hydroxyl groups is 1. The normalized spacial score (nSPS) is 17.0. The van der Waals surface area contributed by atoms with Crippen molar-refractivity contribution in [3.63, 3.8) is 0 Å². The van der Waals surface area contributed by atoms with Crippen LogP contribution in [0.15, 0.2) is 114 Å². The van der Waals surface area contributed by atoms with Crippen molar-refractivity contribution in [2.75, 3.05) is 33.6 Å². The molecular formula is C63H70N6O13S3. The number of phenolic OH excluding ortho intramolecular Hbond substituents is 1. The minimum atomic E-state index is -3.81. The Morgan fingerprint density at radius 3 is 1.42 bits per heavy atom. The maximum absolute atomic E-state index is 12.0. The summed E-state index contributed by atoms with van der Waals surface area (Å²) in [6.07, 6.45) is 5.83. The predicted molar refractivity (Wildman–Crippen MR) is 326 cm³/mol. The van der Waals surface area contributed by atoms with Crippen molar-refractivity contribution in [2.45, 2.75) is 140 Å². The summed E-state index contributed by atoms with van der Waals surface area (Å²) in [4.78, 5) is 23.9. The number of anilines is 2. The van der Waals surface area contributed by atoms with Crippen molar-refractivity contribution in [3.8, 4) is 46.2 Å². The van der Waals surface area contributed by atoms with Gasteiger partial charge < -0.3 is 28.5 Å². The van der Waals surface area contributed by atoms with E-state index < -0.39 is 48.1 Å². The molecule has 7 aromatic rings. The van der Waals surface area contributed by atoms with Gasteiger partial charge in [-0.25, -0.2) is 26.4 Å². The van der Waals surface area contributed by atoms with Crippen LogP contribution in [-0.4, -0.2) is 99.1 Å². The second-order valence-electron chi connectivity index (χ2n) is 22.5. The molecule has 3 N–H and O–H groups in total. The van der Waals surface area contributed by atoms with E-state index in [0.717, 1.165) is 88.4 Å². The Kier molecular flexibility index (Phi) is 19.0. The summed E-state index contributed by atoms with van der Waals surface area (Å²) >= 11 is 0. The molecular weight excluding hydrogens is 1140 g/mol.